The Morgan fingerprint density at radius 1 is 1.38 bits per heavy atom. The molecule has 0 amide bonds. The second-order valence-corrected chi connectivity index (χ2v) is 3.74. The van der Waals surface area contributed by atoms with E-state index >= 15 is 0 Å². The number of hydrogen-bond acceptors (Lipinski definition) is 2. The smallest absolute Gasteiger partial charge is 0.255 e. The highest BCUT2D eigenvalue weighted by Gasteiger charge is 2.17. The SMILES string of the molecule is CC(N)c1cccc(F)c1N(C)CC(F)F. The average Bonchev–Trinajstić information content (AvgIpc) is 2.15. The quantitative estimate of drug-likeness (QED) is 0.864. The summed E-state index contributed by atoms with van der Waals surface area (Å²) in [7, 11) is 1.43. The van der Waals surface area contributed by atoms with Gasteiger partial charge in [-0.3, -0.25) is 0 Å². The van der Waals surface area contributed by atoms with Crippen LogP contribution >= 0.6 is 0 Å². The molecule has 0 bridgehead atoms. The Hall–Kier alpha value is -1.23. The van der Waals surface area contributed by atoms with E-state index in [4.69, 9.17) is 5.73 Å². The fourth-order valence-corrected chi connectivity index (χ4v) is 1.60. The number of hydrogen-bond donors (Lipinski definition) is 1. The molecule has 2 N–H and O–H groups in total. The highest BCUT2D eigenvalue weighted by molar-refractivity contribution is 5.55. The molecule has 2 nitrogen and oxygen atoms in total. The van der Waals surface area contributed by atoms with Crippen LogP contribution in [0.25, 0.3) is 0 Å². The predicted molar refractivity (Wildman–Crippen MR) is 58.3 cm³/mol. The Bertz CT molecular complexity index is 353. The van der Waals surface area contributed by atoms with Gasteiger partial charge in [0.25, 0.3) is 6.43 Å². The van der Waals surface area contributed by atoms with Crippen molar-refractivity contribution >= 4 is 5.69 Å². The first kappa shape index (κ1) is 12.8. The zero-order chi connectivity index (χ0) is 12.3. The summed E-state index contributed by atoms with van der Waals surface area (Å²) in [4.78, 5) is 1.19. The molecule has 0 spiro atoms. The van der Waals surface area contributed by atoms with Crippen LogP contribution in [0.2, 0.25) is 0 Å². The van der Waals surface area contributed by atoms with Crippen molar-refractivity contribution in [2.45, 2.75) is 19.4 Å². The molecule has 0 heterocycles. The van der Waals surface area contributed by atoms with E-state index in [1.165, 1.54) is 24.1 Å². The van der Waals surface area contributed by atoms with E-state index in [1.54, 1.807) is 13.0 Å². The maximum absolute atomic E-state index is 13.6. The van der Waals surface area contributed by atoms with E-state index in [0.29, 0.717) is 5.56 Å². The van der Waals surface area contributed by atoms with Crippen LogP contribution < -0.4 is 10.6 Å². The minimum Gasteiger partial charge on any atom is -0.366 e. The number of rotatable bonds is 4. The zero-order valence-corrected chi connectivity index (χ0v) is 9.25. The third-order valence-electron chi connectivity index (χ3n) is 2.30. The first-order valence-corrected chi connectivity index (χ1v) is 4.96. The van der Waals surface area contributed by atoms with E-state index < -0.39 is 24.8 Å². The third kappa shape index (κ3) is 2.88. The largest absolute Gasteiger partial charge is 0.366 e. The van der Waals surface area contributed by atoms with Crippen LogP contribution in [-0.4, -0.2) is 20.0 Å². The summed E-state index contributed by atoms with van der Waals surface area (Å²) in [6.07, 6.45) is -2.51. The van der Waals surface area contributed by atoms with Gasteiger partial charge in [-0.2, -0.15) is 0 Å². The maximum Gasteiger partial charge on any atom is 0.255 e. The lowest BCUT2D eigenvalue weighted by molar-refractivity contribution is 0.156. The second-order valence-electron chi connectivity index (χ2n) is 3.74. The lowest BCUT2D eigenvalue weighted by Gasteiger charge is -2.24. The summed E-state index contributed by atoms with van der Waals surface area (Å²) in [5.41, 5.74) is 6.35. The van der Waals surface area contributed by atoms with Crippen LogP contribution in [0, 0.1) is 5.82 Å². The van der Waals surface area contributed by atoms with Gasteiger partial charge in [-0.1, -0.05) is 12.1 Å². The number of halogens is 3. The van der Waals surface area contributed by atoms with Crippen molar-refractivity contribution < 1.29 is 13.2 Å². The van der Waals surface area contributed by atoms with E-state index in [2.05, 4.69) is 0 Å². The van der Waals surface area contributed by atoms with Gasteiger partial charge in [0, 0.05) is 13.1 Å². The van der Waals surface area contributed by atoms with E-state index in [0.717, 1.165) is 0 Å². The summed E-state index contributed by atoms with van der Waals surface area (Å²) in [5.74, 6) is -0.530. The molecule has 1 unspecified atom stereocenters. The number of nitrogens with zero attached hydrogens (tertiary/aromatic N) is 1. The fourth-order valence-electron chi connectivity index (χ4n) is 1.60. The molecule has 1 aromatic carbocycles. The summed E-state index contributed by atoms with van der Waals surface area (Å²) in [5, 5.41) is 0. The molecule has 16 heavy (non-hydrogen) atoms. The summed E-state index contributed by atoms with van der Waals surface area (Å²) < 4.78 is 38.0. The highest BCUT2D eigenvalue weighted by atomic mass is 19.3. The van der Waals surface area contributed by atoms with E-state index in [1.807, 2.05) is 0 Å². The van der Waals surface area contributed by atoms with Gasteiger partial charge in [0.05, 0.1) is 12.2 Å². The number of nitrogens with two attached hydrogens (primary N) is 1. The number of para-hydroxylation sites is 1. The molecule has 5 heteroatoms. The topological polar surface area (TPSA) is 29.3 Å². The molecule has 0 fully saturated rings. The molecule has 0 aromatic heterocycles. The first-order valence-electron chi connectivity index (χ1n) is 4.96. The van der Waals surface area contributed by atoms with E-state index in [9.17, 15) is 13.2 Å². The van der Waals surface area contributed by atoms with Crippen molar-refractivity contribution in [1.82, 2.24) is 0 Å². The molecule has 0 aliphatic heterocycles. The van der Waals surface area contributed by atoms with E-state index in [-0.39, 0.29) is 5.69 Å². The number of alkyl halides is 2. The minimum absolute atomic E-state index is 0.151. The van der Waals surface area contributed by atoms with Crippen molar-refractivity contribution in [3.8, 4) is 0 Å². The van der Waals surface area contributed by atoms with Crippen molar-refractivity contribution in [1.29, 1.82) is 0 Å². The molecular formula is C11H15F3N2. The Morgan fingerprint density at radius 3 is 2.50 bits per heavy atom. The van der Waals surface area contributed by atoms with Crippen LogP contribution in [0.5, 0.6) is 0 Å². The summed E-state index contributed by atoms with van der Waals surface area (Å²) >= 11 is 0. The summed E-state index contributed by atoms with van der Waals surface area (Å²) in [6.45, 7) is 1.18. The molecule has 1 aromatic rings. The molecule has 1 rings (SSSR count). The maximum atomic E-state index is 13.6. The van der Waals surface area contributed by atoms with Gasteiger partial charge in [0.15, 0.2) is 0 Å². The Balaban J connectivity index is 3.09. The Morgan fingerprint density at radius 2 is 2.00 bits per heavy atom. The molecule has 90 valence electrons. The number of benzene rings is 1. The van der Waals surface area contributed by atoms with Crippen molar-refractivity contribution in [2.75, 3.05) is 18.5 Å². The van der Waals surface area contributed by atoms with Crippen molar-refractivity contribution in [3.63, 3.8) is 0 Å². The predicted octanol–water partition coefficient (Wildman–Crippen LogP) is 2.55. The van der Waals surface area contributed by atoms with Gasteiger partial charge in [0.1, 0.15) is 5.82 Å². The molecule has 0 saturated carbocycles. The van der Waals surface area contributed by atoms with Crippen LogP contribution in [0.15, 0.2) is 18.2 Å². The first-order chi connectivity index (χ1) is 7.43. The zero-order valence-electron chi connectivity index (χ0n) is 9.25. The molecule has 1 atom stereocenters. The molecule has 0 aliphatic carbocycles. The van der Waals surface area contributed by atoms with Gasteiger partial charge in [0.2, 0.25) is 0 Å². The summed E-state index contributed by atoms with van der Waals surface area (Å²) in [6, 6.07) is 4.01. The normalized spacial score (nSPS) is 12.9. The average molecular weight is 232 g/mol. The van der Waals surface area contributed by atoms with Gasteiger partial charge in [-0.25, -0.2) is 13.2 Å². The van der Waals surface area contributed by atoms with Crippen molar-refractivity contribution in [3.05, 3.63) is 29.6 Å². The van der Waals surface area contributed by atoms with Crippen molar-refractivity contribution in [2.24, 2.45) is 5.73 Å². The van der Waals surface area contributed by atoms with Gasteiger partial charge >= 0.3 is 0 Å². The van der Waals surface area contributed by atoms with Gasteiger partial charge in [-0.05, 0) is 18.6 Å². The van der Waals surface area contributed by atoms with Crippen LogP contribution in [0.3, 0.4) is 0 Å². The minimum atomic E-state index is -2.51. The van der Waals surface area contributed by atoms with Crippen LogP contribution in [-0.2, 0) is 0 Å². The molecule has 0 radical (unpaired) electrons. The third-order valence-corrected chi connectivity index (χ3v) is 2.30. The lowest BCUT2D eigenvalue weighted by Crippen LogP contribution is -2.27. The molecular weight excluding hydrogens is 217 g/mol. The van der Waals surface area contributed by atoms with Crippen LogP contribution in [0.4, 0.5) is 18.9 Å². The Kier molecular flexibility index (Phi) is 4.18. The Labute approximate surface area is 92.9 Å². The van der Waals surface area contributed by atoms with Gasteiger partial charge in [-0.15, -0.1) is 0 Å². The lowest BCUT2D eigenvalue weighted by atomic mass is 10.1. The fraction of sp³-hybridized carbons (Fsp3) is 0.455. The standard InChI is InChI=1S/C11H15F3N2/c1-7(15)8-4-3-5-9(12)11(8)16(2)6-10(13)14/h3-5,7,10H,6,15H2,1-2H3. The second kappa shape index (κ2) is 5.21. The van der Waals surface area contributed by atoms with Crippen LogP contribution in [0.1, 0.15) is 18.5 Å². The monoisotopic (exact) mass is 232 g/mol. The van der Waals surface area contributed by atoms with Gasteiger partial charge < -0.3 is 10.6 Å². The molecule has 0 saturated heterocycles. The highest BCUT2D eigenvalue weighted by Crippen LogP contribution is 2.27. The molecule has 0 aliphatic rings. The number of anilines is 1.